The summed E-state index contributed by atoms with van der Waals surface area (Å²) in [6.45, 7) is 6.68. The zero-order valence-corrected chi connectivity index (χ0v) is 35.5. The van der Waals surface area contributed by atoms with Crippen LogP contribution in [0.25, 0.3) is 67.9 Å². The summed E-state index contributed by atoms with van der Waals surface area (Å²) >= 11 is 6.02. The third kappa shape index (κ3) is 12.1. The molecule has 3 aromatic heterocycles. The van der Waals surface area contributed by atoms with E-state index < -0.39 is 17.7 Å². The van der Waals surface area contributed by atoms with Gasteiger partial charge >= 0.3 is 6.18 Å². The summed E-state index contributed by atoms with van der Waals surface area (Å²) in [4.78, 5) is 23.3. The van der Waals surface area contributed by atoms with E-state index >= 15 is 0 Å². The van der Waals surface area contributed by atoms with E-state index in [0.717, 1.165) is 81.4 Å². The largest absolute Gasteiger partial charge is 0.416 e. The predicted molar refractivity (Wildman–Crippen MR) is 256 cm³/mol. The molecule has 65 heavy (non-hydrogen) atoms. The second kappa shape index (κ2) is 21.0. The quantitative estimate of drug-likeness (QED) is 0.139. The average Bonchev–Trinajstić information content (AvgIpc) is 4.00. The van der Waals surface area contributed by atoms with E-state index in [1.165, 1.54) is 18.2 Å². The molecule has 6 aromatic carbocycles. The third-order valence-corrected chi connectivity index (χ3v) is 10.2. The van der Waals surface area contributed by atoms with Gasteiger partial charge in [0.15, 0.2) is 0 Å². The molecular formula is C53H50ClF5N6. The number of alkyl halides is 5. The summed E-state index contributed by atoms with van der Waals surface area (Å²) in [5.41, 5.74) is 9.58. The first-order chi connectivity index (χ1) is 30.1. The fraction of sp³-hybridized carbons (Fsp3) is 0.151. The Morgan fingerprint density at radius 3 is 1.17 bits per heavy atom. The van der Waals surface area contributed by atoms with Crippen LogP contribution < -0.4 is 0 Å². The number of hydrogen-bond acceptors (Lipinski definition) is 3. The Kier molecular flexibility index (Phi) is 15.8. The molecule has 9 rings (SSSR count). The highest BCUT2D eigenvalue weighted by molar-refractivity contribution is 6.30. The van der Waals surface area contributed by atoms with Crippen LogP contribution in [-0.2, 0) is 12.1 Å². The Balaban J connectivity index is 0.000000181. The van der Waals surface area contributed by atoms with Crippen molar-refractivity contribution in [2.45, 2.75) is 54.6 Å². The molecule has 0 radical (unpaired) electrons. The number of aromatic nitrogens is 6. The van der Waals surface area contributed by atoms with Gasteiger partial charge in [-0.25, -0.2) is 23.7 Å². The molecule has 0 aliphatic heterocycles. The van der Waals surface area contributed by atoms with Crippen molar-refractivity contribution < 1.29 is 22.0 Å². The summed E-state index contributed by atoms with van der Waals surface area (Å²) in [6, 6.07) is 48.6. The molecule has 0 aliphatic rings. The van der Waals surface area contributed by atoms with Gasteiger partial charge in [-0.15, -0.1) is 0 Å². The van der Waals surface area contributed by atoms with Gasteiger partial charge in [-0.2, -0.15) is 13.2 Å². The number of rotatable bonds is 7. The second-order valence-corrected chi connectivity index (χ2v) is 15.3. The van der Waals surface area contributed by atoms with Gasteiger partial charge in [0.25, 0.3) is 5.92 Å². The van der Waals surface area contributed by atoms with Crippen LogP contribution in [0.15, 0.2) is 164 Å². The molecule has 0 bridgehead atoms. The molecule has 0 saturated carbocycles. The highest BCUT2D eigenvalue weighted by Crippen LogP contribution is 2.34. The molecule has 334 valence electrons. The number of nitrogens with zero attached hydrogens (tertiary/aromatic N) is 3. The highest BCUT2D eigenvalue weighted by atomic mass is 35.5. The molecule has 12 heteroatoms. The Bertz CT molecular complexity index is 2920. The number of imidazole rings is 3. The van der Waals surface area contributed by atoms with Crippen LogP contribution >= 0.6 is 11.6 Å². The number of H-pyrrole nitrogens is 3. The monoisotopic (exact) mass is 900 g/mol. The van der Waals surface area contributed by atoms with Crippen molar-refractivity contribution in [1.29, 1.82) is 0 Å². The summed E-state index contributed by atoms with van der Waals surface area (Å²) in [6.07, 6.45) is -4.36. The average molecular weight is 901 g/mol. The minimum atomic E-state index is -4.36. The van der Waals surface area contributed by atoms with Crippen molar-refractivity contribution in [3.63, 3.8) is 0 Å². The molecule has 9 aromatic rings. The molecule has 0 aliphatic carbocycles. The van der Waals surface area contributed by atoms with Crippen molar-refractivity contribution in [1.82, 2.24) is 29.9 Å². The second-order valence-electron chi connectivity index (χ2n) is 14.8. The van der Waals surface area contributed by atoms with Crippen molar-refractivity contribution in [3.8, 4) is 67.9 Å². The summed E-state index contributed by atoms with van der Waals surface area (Å²) in [7, 11) is 0. The molecular weight excluding hydrogens is 851 g/mol. The van der Waals surface area contributed by atoms with E-state index in [2.05, 4.69) is 42.0 Å². The van der Waals surface area contributed by atoms with Gasteiger partial charge in [0.2, 0.25) is 0 Å². The summed E-state index contributed by atoms with van der Waals surface area (Å²) in [5.74, 6) is -0.842. The van der Waals surface area contributed by atoms with Gasteiger partial charge in [0.05, 0.1) is 22.6 Å². The maximum Gasteiger partial charge on any atom is 0.416 e. The van der Waals surface area contributed by atoms with Crippen LogP contribution in [0, 0.1) is 20.8 Å². The zero-order valence-electron chi connectivity index (χ0n) is 34.7. The summed E-state index contributed by atoms with van der Waals surface area (Å²) in [5, 5.41) is 0.716. The van der Waals surface area contributed by atoms with Crippen LogP contribution in [0.5, 0.6) is 0 Å². The van der Waals surface area contributed by atoms with E-state index in [1.54, 1.807) is 18.2 Å². The van der Waals surface area contributed by atoms with Gasteiger partial charge in [0.1, 0.15) is 17.5 Å². The normalized spacial score (nSPS) is 11.0. The van der Waals surface area contributed by atoms with Crippen molar-refractivity contribution in [3.05, 3.63) is 197 Å². The van der Waals surface area contributed by atoms with E-state index in [1.807, 2.05) is 124 Å². The Labute approximate surface area is 381 Å². The van der Waals surface area contributed by atoms with Gasteiger partial charge in [0, 0.05) is 68.0 Å². The lowest BCUT2D eigenvalue weighted by Gasteiger charge is -2.11. The number of benzene rings is 6. The van der Waals surface area contributed by atoms with Gasteiger partial charge in [-0.1, -0.05) is 160 Å². The minimum Gasteiger partial charge on any atom is -0.342 e. The van der Waals surface area contributed by atoms with Crippen LogP contribution in [0.2, 0.25) is 5.02 Å². The number of halogens is 6. The maximum absolute atomic E-state index is 13.5. The lowest BCUT2D eigenvalue weighted by Crippen LogP contribution is -2.06. The molecule has 0 spiro atoms. The Morgan fingerprint density at radius 1 is 0.400 bits per heavy atom. The van der Waals surface area contributed by atoms with Crippen LogP contribution in [-0.4, -0.2) is 29.9 Å². The number of aryl methyl sites for hydroxylation is 3. The van der Waals surface area contributed by atoms with Crippen LogP contribution in [0.3, 0.4) is 0 Å². The third-order valence-electron chi connectivity index (χ3n) is 10.0. The molecule has 0 amide bonds. The fourth-order valence-corrected chi connectivity index (χ4v) is 7.03. The first-order valence-corrected chi connectivity index (χ1v) is 20.3. The molecule has 0 saturated heterocycles. The Morgan fingerprint density at radius 2 is 0.738 bits per heavy atom. The lowest BCUT2D eigenvalue weighted by atomic mass is 10.0. The highest BCUT2D eigenvalue weighted by Gasteiger charge is 2.31. The van der Waals surface area contributed by atoms with Crippen LogP contribution in [0.1, 0.15) is 50.0 Å². The van der Waals surface area contributed by atoms with E-state index in [4.69, 9.17) is 11.6 Å². The standard InChI is InChI=1S/C18H16F2N2.C17H13F3N2.C16H13ClN2.2CH4/c1-12-16(14-9-6-10-15(11-14)18(2,19)20)22-17(21-12)13-7-4-3-5-8-13;1-11-15(12-6-3-2-4-7-12)22-16(21-11)13-8-5-9-14(10-13)17(18,19)20;1-11-15(12-6-3-2-4-7-12)19-16(18-11)13-8-5-9-14(17)10-13;;/h3-11H,1-2H3,(H,21,22);2-10H,1H3,(H,21,22);2-10H,1H3,(H,18,19);2*1H4. The smallest absolute Gasteiger partial charge is 0.342 e. The number of aromatic amines is 3. The van der Waals surface area contributed by atoms with Crippen molar-refractivity contribution in [2.24, 2.45) is 0 Å². The molecule has 6 nitrogen and oxygen atoms in total. The van der Waals surface area contributed by atoms with Gasteiger partial charge < -0.3 is 15.0 Å². The molecule has 3 N–H and O–H groups in total. The number of hydrogen-bond donors (Lipinski definition) is 3. The first kappa shape index (κ1) is 48.9. The van der Waals surface area contributed by atoms with E-state index in [9.17, 15) is 22.0 Å². The zero-order chi connectivity index (χ0) is 44.7. The number of nitrogens with one attached hydrogen (secondary N) is 3. The lowest BCUT2D eigenvalue weighted by molar-refractivity contribution is -0.137. The first-order valence-electron chi connectivity index (χ1n) is 19.9. The SMILES string of the molecule is C.C.Cc1[nH]c(-c2cccc(C(F)(F)F)c2)nc1-c1ccccc1.Cc1[nH]c(-c2cccc(Cl)c2)nc1-c1ccccc1.Cc1[nH]c(-c2ccccc2)nc1-c1cccc(C(C)(F)F)c1. The molecule has 3 heterocycles. The molecule has 0 fully saturated rings. The van der Waals surface area contributed by atoms with E-state index in [-0.39, 0.29) is 20.4 Å². The van der Waals surface area contributed by atoms with Gasteiger partial charge in [-0.3, -0.25) is 0 Å². The molecule has 0 atom stereocenters. The minimum absolute atomic E-state index is 0. The molecule has 0 unspecified atom stereocenters. The van der Waals surface area contributed by atoms with Crippen molar-refractivity contribution >= 4 is 11.6 Å². The topological polar surface area (TPSA) is 86.0 Å². The fourth-order valence-electron chi connectivity index (χ4n) is 6.84. The van der Waals surface area contributed by atoms with Crippen molar-refractivity contribution in [2.75, 3.05) is 0 Å². The predicted octanol–water partition coefficient (Wildman–Crippen LogP) is 16.2. The van der Waals surface area contributed by atoms with Gasteiger partial charge in [-0.05, 0) is 51.1 Å². The Hall–Kier alpha value is -7.11. The van der Waals surface area contributed by atoms with Crippen LogP contribution in [0.4, 0.5) is 22.0 Å². The maximum atomic E-state index is 13.5. The van der Waals surface area contributed by atoms with E-state index in [0.29, 0.717) is 27.7 Å². The summed E-state index contributed by atoms with van der Waals surface area (Å²) < 4.78 is 65.4.